The molecule has 6 aromatic carbocycles. The molecule has 0 bridgehead atoms. The number of halogens is 1. The van der Waals surface area contributed by atoms with Crippen molar-refractivity contribution < 1.29 is 0 Å². The lowest BCUT2D eigenvalue weighted by molar-refractivity contribution is 0.183. The zero-order valence-corrected chi connectivity index (χ0v) is 69.6. The molecule has 1 aliphatic heterocycles. The van der Waals surface area contributed by atoms with Gasteiger partial charge in [0, 0.05) is 82.2 Å². The van der Waals surface area contributed by atoms with Crippen LogP contribution in [0.3, 0.4) is 0 Å². The number of hydrogen-bond acceptors (Lipinski definition) is 22. The van der Waals surface area contributed by atoms with Crippen molar-refractivity contribution in [2.24, 2.45) is 5.92 Å². The van der Waals surface area contributed by atoms with Gasteiger partial charge in [0.25, 0.3) is 56.7 Å². The Kier molecular flexibility index (Phi) is 26.0. The standard InChI is InChI=1S/C20H19N5O.C18H17N5OS.C18H21N5O.C17H14ClN5OS.C15H17N5O/c1-13-7-6-8-14(2)18(13)21-12-16-11-17(26)25-20(22-16)23-19(24-25)15-9-4-3-5-10-15;1-2-12-5-7-13(8-6-12)19-11-14-10-16(24)23-18(20-14)21-17(22-23)15-4-3-9-25-15;1-13-7-9-22(10-8-13)12-15-11-16(24)23-18(19-15)20-17(21-23)14-5-3-2-4-6-14;1-10-12(18)4-2-5-13(10)19-9-11-8-15(24)23-17(20-11)21-16(22-23)14-6-3-7-25-14;1-2-8-16-10-12-9-13(21)20-15(17-12)18-14(19-20)11-6-4-3-5-7-11/h3-11,21H,12H2,1-2H3,(H,22,23,24);3-10,19H,2,11H2,1H3,(H,20,21,22);2-6,11,13H,7-10,12H2,1H3,(H,19,20,21);2-8,19H,9H2,1H3,(H,20,21,22);3-7,9,16H,2,8,10H2,1H3,(H,17,18,19). The van der Waals surface area contributed by atoms with Crippen LogP contribution in [-0.4, -0.2) is 122 Å². The van der Waals surface area contributed by atoms with Gasteiger partial charge >= 0.3 is 0 Å². The molecule has 33 heteroatoms. The molecule has 18 aromatic rings. The Morgan fingerprint density at radius 3 is 1.22 bits per heavy atom. The summed E-state index contributed by atoms with van der Waals surface area (Å²) in [7, 11) is 0. The molecule has 614 valence electrons. The Morgan fingerprint density at radius 1 is 0.413 bits per heavy atom. The highest BCUT2D eigenvalue weighted by Crippen LogP contribution is 2.27. The predicted molar refractivity (Wildman–Crippen MR) is 477 cm³/mol. The Hall–Kier alpha value is -13.9. The van der Waals surface area contributed by atoms with E-state index in [0.717, 1.165) is 104 Å². The molecule has 0 aliphatic carbocycles. The monoisotopic (exact) mass is 1670 g/mol. The summed E-state index contributed by atoms with van der Waals surface area (Å²) in [5.41, 5.74) is 13.0. The quantitative estimate of drug-likeness (QED) is 0.0302. The lowest BCUT2D eigenvalue weighted by Gasteiger charge is -2.29. The first-order chi connectivity index (χ1) is 58.9. The van der Waals surface area contributed by atoms with Crippen molar-refractivity contribution in [2.75, 3.05) is 35.6 Å². The van der Waals surface area contributed by atoms with Gasteiger partial charge in [-0.1, -0.05) is 172 Å². The average molecular weight is 1680 g/mol. The van der Waals surface area contributed by atoms with Crippen molar-refractivity contribution in [1.29, 1.82) is 0 Å². The number of para-hydroxylation sites is 1. The number of aromatic nitrogens is 20. The first-order valence-electron chi connectivity index (χ1n) is 39.7. The second-order valence-electron chi connectivity index (χ2n) is 28.9. The van der Waals surface area contributed by atoms with Gasteiger partial charge in [0.15, 0.2) is 29.1 Å². The van der Waals surface area contributed by atoms with E-state index in [1.807, 2.05) is 169 Å². The van der Waals surface area contributed by atoms with E-state index in [1.165, 1.54) is 65.2 Å². The van der Waals surface area contributed by atoms with Crippen molar-refractivity contribution >= 4 is 80.2 Å². The number of hydrogen-bond donors (Lipinski definition) is 9. The molecule has 9 N–H and O–H groups in total. The smallest absolute Gasteiger partial charge is 0.274 e. The van der Waals surface area contributed by atoms with Gasteiger partial charge in [-0.05, 0) is 141 Å². The number of benzene rings is 6. The van der Waals surface area contributed by atoms with Gasteiger partial charge in [0.05, 0.1) is 57.9 Å². The molecule has 0 radical (unpaired) electrons. The summed E-state index contributed by atoms with van der Waals surface area (Å²) in [5, 5.41) is 32.8. The van der Waals surface area contributed by atoms with E-state index in [9.17, 15) is 24.0 Å². The molecule has 13 heterocycles. The summed E-state index contributed by atoms with van der Waals surface area (Å²) in [6, 6.07) is 64.6. The summed E-state index contributed by atoms with van der Waals surface area (Å²) in [4.78, 5) is 110. The third-order valence-electron chi connectivity index (χ3n) is 20.1. The first-order valence-corrected chi connectivity index (χ1v) is 41.8. The minimum Gasteiger partial charge on any atom is -0.379 e. The van der Waals surface area contributed by atoms with E-state index in [4.69, 9.17) is 11.6 Å². The van der Waals surface area contributed by atoms with Crippen LogP contribution in [0.5, 0.6) is 0 Å². The molecule has 0 saturated carbocycles. The van der Waals surface area contributed by atoms with Crippen LogP contribution in [0.2, 0.25) is 5.02 Å². The van der Waals surface area contributed by atoms with Crippen LogP contribution >= 0.6 is 34.3 Å². The van der Waals surface area contributed by atoms with E-state index >= 15 is 0 Å². The maximum atomic E-state index is 12.4. The Morgan fingerprint density at radius 2 is 0.802 bits per heavy atom. The van der Waals surface area contributed by atoms with E-state index in [2.05, 4.69) is 160 Å². The maximum absolute atomic E-state index is 12.4. The fraction of sp³-hybridized carbons (Fsp3) is 0.216. The zero-order valence-electron chi connectivity index (χ0n) is 67.2. The van der Waals surface area contributed by atoms with Crippen LogP contribution in [0.1, 0.15) is 90.8 Å². The second kappa shape index (κ2) is 38.2. The molecule has 0 amide bonds. The highest BCUT2D eigenvalue weighted by Gasteiger charge is 2.20. The van der Waals surface area contributed by atoms with E-state index in [-0.39, 0.29) is 27.8 Å². The number of thiophene rings is 2. The first kappa shape index (κ1) is 82.2. The molecule has 0 unspecified atom stereocenters. The van der Waals surface area contributed by atoms with E-state index in [0.29, 0.717) is 119 Å². The average Bonchev–Trinajstić information content (AvgIpc) is 1.69. The molecule has 1 aliphatic rings. The van der Waals surface area contributed by atoms with Crippen molar-refractivity contribution in [1.82, 2.24) is 108 Å². The fourth-order valence-electron chi connectivity index (χ4n) is 13.5. The van der Waals surface area contributed by atoms with Crippen molar-refractivity contribution in [3.8, 4) is 55.6 Å². The lowest BCUT2D eigenvalue weighted by Crippen LogP contribution is -2.33. The number of rotatable bonds is 21. The number of aryl methyl sites for hydroxylation is 3. The maximum Gasteiger partial charge on any atom is 0.274 e. The second-order valence-corrected chi connectivity index (χ2v) is 31.2. The minimum atomic E-state index is -0.195. The normalized spacial score (nSPS) is 12.2. The Labute approximate surface area is 705 Å². The molecule has 1 fully saturated rings. The minimum absolute atomic E-state index is 0.116. The van der Waals surface area contributed by atoms with Crippen molar-refractivity contribution in [3.63, 3.8) is 0 Å². The van der Waals surface area contributed by atoms with Crippen LogP contribution in [0.4, 0.5) is 17.1 Å². The zero-order chi connectivity index (χ0) is 83.9. The number of anilines is 3. The topological polar surface area (TPSA) is 367 Å². The van der Waals surface area contributed by atoms with Crippen LogP contribution < -0.4 is 49.1 Å². The van der Waals surface area contributed by atoms with Gasteiger partial charge in [-0.2, -0.15) is 47.5 Å². The number of nitrogens with one attached hydrogen (secondary N) is 9. The van der Waals surface area contributed by atoms with Crippen molar-refractivity contribution in [2.45, 2.75) is 99.9 Å². The molecular formula is C88H88ClN25O5S2. The summed E-state index contributed by atoms with van der Waals surface area (Å²) in [6.07, 6.45) is 4.48. The van der Waals surface area contributed by atoms with Gasteiger partial charge in [-0.15, -0.1) is 22.7 Å². The summed E-state index contributed by atoms with van der Waals surface area (Å²) in [5.74, 6) is 5.94. The lowest BCUT2D eigenvalue weighted by atomic mass is 9.99. The van der Waals surface area contributed by atoms with Crippen LogP contribution in [0.25, 0.3) is 84.5 Å². The molecule has 121 heavy (non-hydrogen) atoms. The number of aromatic amines is 5. The third-order valence-corrected chi connectivity index (χ3v) is 22.2. The van der Waals surface area contributed by atoms with Gasteiger partial charge in [0.1, 0.15) is 0 Å². The summed E-state index contributed by atoms with van der Waals surface area (Å²) in [6.45, 7) is 18.2. The molecule has 19 rings (SSSR count). The van der Waals surface area contributed by atoms with Gasteiger partial charge in [-0.25, -0.2) is 24.9 Å². The number of H-pyrrole nitrogens is 5. The fourth-order valence-corrected chi connectivity index (χ4v) is 15.0. The molecule has 1 saturated heterocycles. The van der Waals surface area contributed by atoms with E-state index < -0.39 is 0 Å². The Balaban J connectivity index is 0.000000118. The number of piperidine rings is 1. The molecular weight excluding hydrogens is 1590 g/mol. The van der Waals surface area contributed by atoms with Gasteiger partial charge < -0.3 is 21.3 Å². The van der Waals surface area contributed by atoms with Gasteiger partial charge in [-0.3, -0.25) is 54.4 Å². The molecule has 0 spiro atoms. The highest BCUT2D eigenvalue weighted by molar-refractivity contribution is 7.13. The van der Waals surface area contributed by atoms with E-state index in [1.54, 1.807) is 28.7 Å². The molecule has 30 nitrogen and oxygen atoms in total. The molecule has 12 aromatic heterocycles. The van der Waals surface area contributed by atoms with Crippen LogP contribution in [-0.2, 0) is 39.1 Å². The number of likely N-dealkylation sites (tertiary alicyclic amines) is 1. The number of fused-ring (bicyclic) bond motifs is 5. The van der Waals surface area contributed by atoms with Gasteiger partial charge in [0.2, 0.25) is 0 Å². The SMILES string of the molecule is CC1CCN(Cc2cc(=O)n3[nH]c(-c4ccccc4)nc3n2)CC1.CCCNCc1cc(=O)n2[nH]c(-c3ccccc3)nc2n1.CCc1ccc(NCc2cc(=O)n3[nH]c(-c4cccs4)nc3n2)cc1.Cc1c(Cl)cccc1NCc1cc(=O)n2[nH]c(-c3cccs3)nc2n1.Cc1cccc(C)c1NCc1cc(=O)n2[nH]c(-c3ccccc3)nc2n1. The number of nitrogens with zero attached hydrogens (tertiary/aromatic N) is 16. The van der Waals surface area contributed by atoms with Crippen molar-refractivity contribution in [3.05, 3.63) is 325 Å². The Bertz CT molecular complexity index is 6850. The third kappa shape index (κ3) is 20.3. The largest absolute Gasteiger partial charge is 0.379 e. The summed E-state index contributed by atoms with van der Waals surface area (Å²) < 4.78 is 6.86. The molecule has 0 atom stereocenters. The van der Waals surface area contributed by atoms with Crippen LogP contribution in [0, 0.1) is 26.7 Å². The highest BCUT2D eigenvalue weighted by atomic mass is 35.5. The predicted octanol–water partition coefficient (Wildman–Crippen LogP) is 14.3. The van der Waals surface area contributed by atoms with Crippen LogP contribution in [0.15, 0.2) is 241 Å². The summed E-state index contributed by atoms with van der Waals surface area (Å²) >= 11 is 9.24.